The molecule has 0 radical (unpaired) electrons. The van der Waals surface area contributed by atoms with Crippen molar-refractivity contribution < 1.29 is 18.0 Å². The van der Waals surface area contributed by atoms with E-state index in [-0.39, 0.29) is 31.3 Å². The van der Waals surface area contributed by atoms with Crippen LogP contribution in [0.4, 0.5) is 18.9 Å². The van der Waals surface area contributed by atoms with E-state index in [4.69, 9.17) is 0 Å². The minimum absolute atomic E-state index is 0. The number of anilines is 1. The first-order chi connectivity index (χ1) is 8.42. The van der Waals surface area contributed by atoms with E-state index in [1.165, 1.54) is 0 Å². The average molecular weight is 297 g/mol. The lowest BCUT2D eigenvalue weighted by Gasteiger charge is -2.12. The molecule has 0 bridgehead atoms. The third-order valence-corrected chi connectivity index (χ3v) is 2.31. The number of likely N-dealkylation sites (N-methyl/N-ethyl adjacent to an activating group) is 1. The second-order valence-corrected chi connectivity index (χ2v) is 3.85. The zero-order chi connectivity index (χ0) is 13.6. The highest BCUT2D eigenvalue weighted by Crippen LogP contribution is 2.25. The van der Waals surface area contributed by atoms with Crippen LogP contribution in [0.25, 0.3) is 0 Å². The molecule has 3 nitrogen and oxygen atoms in total. The van der Waals surface area contributed by atoms with Gasteiger partial charge in [-0.1, -0.05) is 18.2 Å². The third-order valence-electron chi connectivity index (χ3n) is 2.31. The molecule has 1 aromatic rings. The van der Waals surface area contributed by atoms with Crippen LogP contribution in [0.5, 0.6) is 0 Å². The fourth-order valence-corrected chi connectivity index (χ4v) is 1.49. The summed E-state index contributed by atoms with van der Waals surface area (Å²) in [7, 11) is 1.62. The minimum Gasteiger partial charge on any atom is -0.325 e. The van der Waals surface area contributed by atoms with Crippen LogP contribution in [0.3, 0.4) is 0 Å². The highest BCUT2D eigenvalue weighted by Gasteiger charge is 2.26. The normalized spacial score (nSPS) is 10.7. The number of halogens is 4. The predicted molar refractivity (Wildman–Crippen MR) is 70.6 cm³/mol. The van der Waals surface area contributed by atoms with Gasteiger partial charge in [-0.3, -0.25) is 4.79 Å². The van der Waals surface area contributed by atoms with Gasteiger partial charge in [0.2, 0.25) is 5.91 Å². The van der Waals surface area contributed by atoms with Crippen LogP contribution in [0.15, 0.2) is 24.3 Å². The molecule has 0 fully saturated rings. The quantitative estimate of drug-likeness (QED) is 0.877. The van der Waals surface area contributed by atoms with Crippen LogP contribution in [-0.2, 0) is 11.2 Å². The molecule has 1 rings (SSSR count). The summed E-state index contributed by atoms with van der Waals surface area (Å²) in [5, 5.41) is 5.25. The first kappa shape index (κ1) is 17.7. The molecule has 0 atom stereocenters. The first-order valence-electron chi connectivity index (χ1n) is 5.51. The monoisotopic (exact) mass is 296 g/mol. The van der Waals surface area contributed by atoms with Crippen molar-refractivity contribution in [3.63, 3.8) is 0 Å². The smallest absolute Gasteiger partial charge is 0.325 e. The largest absolute Gasteiger partial charge is 0.389 e. The topological polar surface area (TPSA) is 41.1 Å². The number of benzene rings is 1. The van der Waals surface area contributed by atoms with Crippen LogP contribution in [0.1, 0.15) is 12.0 Å². The summed E-state index contributed by atoms with van der Waals surface area (Å²) in [4.78, 5) is 11.4. The maximum absolute atomic E-state index is 12.2. The lowest BCUT2D eigenvalue weighted by molar-refractivity contribution is -0.133. The van der Waals surface area contributed by atoms with Crippen molar-refractivity contribution in [2.24, 2.45) is 0 Å². The predicted octanol–water partition coefficient (Wildman–Crippen LogP) is 2.76. The molecular formula is C12H16ClF3N2O. The van der Waals surface area contributed by atoms with E-state index < -0.39 is 12.6 Å². The molecule has 0 aliphatic carbocycles. The fourth-order valence-electron chi connectivity index (χ4n) is 1.49. The average Bonchev–Trinajstić information content (AvgIpc) is 2.27. The molecule has 7 heteroatoms. The Kier molecular flexibility index (Phi) is 7.48. The van der Waals surface area contributed by atoms with E-state index in [9.17, 15) is 18.0 Å². The molecule has 1 amide bonds. The van der Waals surface area contributed by atoms with E-state index in [1.54, 1.807) is 31.3 Å². The van der Waals surface area contributed by atoms with E-state index in [1.807, 2.05) is 0 Å². The standard InChI is InChI=1S/C12H15F3N2O.ClH/c1-16-8-11(18)17-10-5-3-2-4-9(10)6-7-12(13,14)15;/h2-5,16H,6-8H2,1H3,(H,17,18);1H. The Morgan fingerprint density at radius 1 is 1.26 bits per heavy atom. The number of carbonyl (C=O) groups excluding carboxylic acids is 1. The Bertz CT molecular complexity index is 410. The van der Waals surface area contributed by atoms with Gasteiger partial charge in [0.05, 0.1) is 6.54 Å². The number of alkyl halides is 3. The van der Waals surface area contributed by atoms with E-state index in [0.717, 1.165) is 0 Å². The van der Waals surface area contributed by atoms with Crippen molar-refractivity contribution in [1.29, 1.82) is 0 Å². The molecule has 19 heavy (non-hydrogen) atoms. The summed E-state index contributed by atoms with van der Waals surface area (Å²) in [5.74, 6) is -0.281. The number of hydrogen-bond donors (Lipinski definition) is 2. The Balaban J connectivity index is 0.00000324. The van der Waals surface area contributed by atoms with Crippen molar-refractivity contribution in [2.45, 2.75) is 19.0 Å². The Morgan fingerprint density at radius 3 is 2.47 bits per heavy atom. The number of hydrogen-bond acceptors (Lipinski definition) is 2. The van der Waals surface area contributed by atoms with E-state index >= 15 is 0 Å². The zero-order valence-corrected chi connectivity index (χ0v) is 11.2. The van der Waals surface area contributed by atoms with Crippen molar-refractivity contribution in [3.05, 3.63) is 29.8 Å². The van der Waals surface area contributed by atoms with Crippen molar-refractivity contribution in [3.8, 4) is 0 Å². The van der Waals surface area contributed by atoms with Crippen LogP contribution < -0.4 is 10.6 Å². The summed E-state index contributed by atoms with van der Waals surface area (Å²) in [5.41, 5.74) is 0.918. The number of nitrogens with one attached hydrogen (secondary N) is 2. The molecule has 0 spiro atoms. The molecule has 0 saturated carbocycles. The Hall–Kier alpha value is -1.27. The fraction of sp³-hybridized carbons (Fsp3) is 0.417. The van der Waals surface area contributed by atoms with E-state index in [0.29, 0.717) is 11.3 Å². The van der Waals surface area contributed by atoms with Gasteiger partial charge < -0.3 is 10.6 Å². The lowest BCUT2D eigenvalue weighted by atomic mass is 10.1. The van der Waals surface area contributed by atoms with Crippen LogP contribution in [-0.4, -0.2) is 25.7 Å². The molecule has 0 unspecified atom stereocenters. The van der Waals surface area contributed by atoms with E-state index in [2.05, 4.69) is 10.6 Å². The molecular weight excluding hydrogens is 281 g/mol. The van der Waals surface area contributed by atoms with Gasteiger partial charge in [-0.15, -0.1) is 12.4 Å². The highest BCUT2D eigenvalue weighted by atomic mass is 35.5. The number of aryl methyl sites for hydroxylation is 1. The third kappa shape index (κ3) is 7.03. The van der Waals surface area contributed by atoms with Crippen LogP contribution in [0, 0.1) is 0 Å². The summed E-state index contributed by atoms with van der Waals surface area (Å²) in [6.45, 7) is 0.119. The summed E-state index contributed by atoms with van der Waals surface area (Å²) >= 11 is 0. The molecule has 1 aromatic carbocycles. The van der Waals surface area contributed by atoms with Gasteiger partial charge in [0.25, 0.3) is 0 Å². The van der Waals surface area contributed by atoms with Crippen molar-refractivity contribution >= 4 is 24.0 Å². The second-order valence-electron chi connectivity index (χ2n) is 3.85. The van der Waals surface area contributed by atoms with Crippen LogP contribution >= 0.6 is 12.4 Å². The second kappa shape index (κ2) is 8.01. The molecule has 0 aliphatic heterocycles. The Labute approximate surface area is 116 Å². The Morgan fingerprint density at radius 2 is 1.89 bits per heavy atom. The van der Waals surface area contributed by atoms with Gasteiger partial charge in [0, 0.05) is 12.1 Å². The maximum Gasteiger partial charge on any atom is 0.389 e. The number of carbonyl (C=O) groups is 1. The van der Waals surface area contributed by atoms with Crippen molar-refractivity contribution in [1.82, 2.24) is 5.32 Å². The molecule has 0 aromatic heterocycles. The lowest BCUT2D eigenvalue weighted by Crippen LogP contribution is -2.25. The van der Waals surface area contributed by atoms with Crippen molar-refractivity contribution in [2.75, 3.05) is 18.9 Å². The summed E-state index contributed by atoms with van der Waals surface area (Å²) in [6, 6.07) is 6.51. The zero-order valence-electron chi connectivity index (χ0n) is 10.4. The highest BCUT2D eigenvalue weighted by molar-refractivity contribution is 5.92. The molecule has 0 saturated heterocycles. The summed E-state index contributed by atoms with van der Waals surface area (Å²) in [6.07, 6.45) is -5.23. The molecule has 0 aliphatic rings. The van der Waals surface area contributed by atoms with Gasteiger partial charge in [-0.2, -0.15) is 13.2 Å². The van der Waals surface area contributed by atoms with Gasteiger partial charge in [-0.25, -0.2) is 0 Å². The number of para-hydroxylation sites is 1. The van der Waals surface area contributed by atoms with Gasteiger partial charge in [0.15, 0.2) is 0 Å². The molecule has 108 valence electrons. The number of rotatable bonds is 5. The van der Waals surface area contributed by atoms with Gasteiger partial charge in [-0.05, 0) is 25.1 Å². The molecule has 0 heterocycles. The summed E-state index contributed by atoms with van der Waals surface area (Å²) < 4.78 is 36.5. The SMILES string of the molecule is CNCC(=O)Nc1ccccc1CCC(F)(F)F.Cl. The number of amides is 1. The van der Waals surface area contributed by atoms with Gasteiger partial charge in [0.1, 0.15) is 0 Å². The maximum atomic E-state index is 12.2. The van der Waals surface area contributed by atoms with Crippen LogP contribution in [0.2, 0.25) is 0 Å². The van der Waals surface area contributed by atoms with Gasteiger partial charge >= 0.3 is 6.18 Å². The first-order valence-corrected chi connectivity index (χ1v) is 5.51. The minimum atomic E-state index is -4.19. The molecule has 2 N–H and O–H groups in total.